The predicted octanol–water partition coefficient (Wildman–Crippen LogP) is 1.37. The fourth-order valence-corrected chi connectivity index (χ4v) is 2.33. The first kappa shape index (κ1) is 14.8. The molecule has 1 heterocycles. The summed E-state index contributed by atoms with van der Waals surface area (Å²) in [4.78, 5) is 28.9. The standard InChI is InChI=1S/C13H16BrN3O3/c1-6(5-18)7(2)15-12(19)9-3-8(14)4-10-11(9)17-13(20)16-10/h3-4,6-7,18H,5H2,1-2H3,(H,15,19)(H2,16,17,20)/t6-,7-/m1/s1. The molecule has 20 heavy (non-hydrogen) atoms. The van der Waals surface area contributed by atoms with Crippen LogP contribution >= 0.6 is 15.9 Å². The van der Waals surface area contributed by atoms with Crippen molar-refractivity contribution in [2.24, 2.45) is 5.92 Å². The first-order chi connectivity index (χ1) is 9.42. The maximum Gasteiger partial charge on any atom is 0.323 e. The molecule has 0 saturated heterocycles. The molecule has 1 amide bonds. The van der Waals surface area contributed by atoms with E-state index in [0.717, 1.165) is 0 Å². The molecule has 108 valence electrons. The Labute approximate surface area is 123 Å². The summed E-state index contributed by atoms with van der Waals surface area (Å²) in [6.07, 6.45) is 0. The molecule has 2 rings (SSSR count). The van der Waals surface area contributed by atoms with Gasteiger partial charge in [0.05, 0.1) is 16.6 Å². The summed E-state index contributed by atoms with van der Waals surface area (Å²) in [6.45, 7) is 3.67. The minimum absolute atomic E-state index is 0.00364. The quantitative estimate of drug-likeness (QED) is 0.675. The largest absolute Gasteiger partial charge is 0.396 e. The predicted molar refractivity (Wildman–Crippen MR) is 79.8 cm³/mol. The highest BCUT2D eigenvalue weighted by Crippen LogP contribution is 2.21. The Morgan fingerprint density at radius 1 is 1.40 bits per heavy atom. The molecule has 2 aromatic rings. The van der Waals surface area contributed by atoms with Crippen LogP contribution in [-0.2, 0) is 0 Å². The van der Waals surface area contributed by atoms with E-state index in [-0.39, 0.29) is 30.2 Å². The average molecular weight is 342 g/mol. The number of H-pyrrole nitrogens is 2. The number of benzene rings is 1. The van der Waals surface area contributed by atoms with Crippen molar-refractivity contribution in [3.05, 3.63) is 32.7 Å². The lowest BCUT2D eigenvalue weighted by Gasteiger charge is -2.19. The van der Waals surface area contributed by atoms with Crippen molar-refractivity contribution >= 4 is 32.9 Å². The van der Waals surface area contributed by atoms with Crippen molar-refractivity contribution in [3.8, 4) is 0 Å². The number of halogens is 1. The molecule has 0 saturated carbocycles. The van der Waals surface area contributed by atoms with E-state index >= 15 is 0 Å². The van der Waals surface area contributed by atoms with E-state index < -0.39 is 0 Å². The second-order valence-electron chi connectivity index (χ2n) is 4.88. The van der Waals surface area contributed by atoms with Crippen LogP contribution in [-0.4, -0.2) is 33.6 Å². The molecule has 0 fully saturated rings. The fraction of sp³-hybridized carbons (Fsp3) is 0.385. The summed E-state index contributed by atoms with van der Waals surface area (Å²) in [7, 11) is 0. The van der Waals surface area contributed by atoms with Gasteiger partial charge in [-0.25, -0.2) is 4.79 Å². The molecule has 0 spiro atoms. The number of aliphatic hydroxyl groups is 1. The number of carbonyl (C=O) groups excluding carboxylic acids is 1. The molecule has 0 unspecified atom stereocenters. The molecule has 0 aliphatic carbocycles. The molecule has 0 aliphatic heterocycles. The van der Waals surface area contributed by atoms with Crippen molar-refractivity contribution in [2.45, 2.75) is 19.9 Å². The minimum atomic E-state index is -0.357. The summed E-state index contributed by atoms with van der Waals surface area (Å²) in [5, 5.41) is 11.9. The van der Waals surface area contributed by atoms with E-state index in [4.69, 9.17) is 5.11 Å². The third kappa shape index (κ3) is 2.94. The molecule has 0 aliphatic rings. The monoisotopic (exact) mass is 341 g/mol. The third-order valence-corrected chi connectivity index (χ3v) is 3.79. The van der Waals surface area contributed by atoms with E-state index in [9.17, 15) is 9.59 Å². The molecule has 6 nitrogen and oxygen atoms in total. The number of aromatic nitrogens is 2. The SMILES string of the molecule is C[C@H](CO)[C@@H](C)NC(=O)c1cc(Br)cc2[nH]c(=O)[nH]c12. The highest BCUT2D eigenvalue weighted by Gasteiger charge is 2.18. The van der Waals surface area contributed by atoms with Crippen LogP contribution < -0.4 is 11.0 Å². The summed E-state index contributed by atoms with van der Waals surface area (Å²) >= 11 is 3.31. The first-order valence-electron chi connectivity index (χ1n) is 6.25. The number of aliphatic hydroxyl groups excluding tert-OH is 1. The summed E-state index contributed by atoms with van der Waals surface area (Å²) in [5.41, 5.74) is 1.06. The van der Waals surface area contributed by atoms with Gasteiger partial charge < -0.3 is 20.4 Å². The van der Waals surface area contributed by atoms with Crippen LogP contribution in [0.1, 0.15) is 24.2 Å². The van der Waals surface area contributed by atoms with E-state index in [0.29, 0.717) is 21.1 Å². The summed E-state index contributed by atoms with van der Waals surface area (Å²) in [6, 6.07) is 3.20. The first-order valence-corrected chi connectivity index (χ1v) is 7.05. The topological polar surface area (TPSA) is 98.0 Å². The van der Waals surface area contributed by atoms with E-state index in [2.05, 4.69) is 31.2 Å². The zero-order chi connectivity index (χ0) is 14.9. The normalized spacial score (nSPS) is 14.2. The second kappa shape index (κ2) is 5.80. The Morgan fingerprint density at radius 3 is 2.75 bits per heavy atom. The highest BCUT2D eigenvalue weighted by molar-refractivity contribution is 9.10. The van der Waals surface area contributed by atoms with E-state index in [1.54, 1.807) is 12.1 Å². The van der Waals surface area contributed by atoms with E-state index in [1.165, 1.54) is 0 Å². The van der Waals surface area contributed by atoms with Crippen LogP contribution in [0.15, 0.2) is 21.4 Å². The van der Waals surface area contributed by atoms with Gasteiger partial charge in [-0.1, -0.05) is 22.9 Å². The smallest absolute Gasteiger partial charge is 0.323 e. The Hall–Kier alpha value is -1.60. The molecular weight excluding hydrogens is 326 g/mol. The molecule has 0 bridgehead atoms. The van der Waals surface area contributed by atoms with Crippen LogP contribution in [0.4, 0.5) is 0 Å². The van der Waals surface area contributed by atoms with Gasteiger partial charge in [0.2, 0.25) is 0 Å². The van der Waals surface area contributed by atoms with Crippen LogP contribution in [0.5, 0.6) is 0 Å². The van der Waals surface area contributed by atoms with Crippen molar-refractivity contribution in [3.63, 3.8) is 0 Å². The van der Waals surface area contributed by atoms with Gasteiger partial charge in [0, 0.05) is 17.1 Å². The third-order valence-electron chi connectivity index (χ3n) is 3.33. The Kier molecular flexibility index (Phi) is 4.29. The molecule has 2 atom stereocenters. The molecule has 0 radical (unpaired) electrons. The number of hydrogen-bond donors (Lipinski definition) is 4. The number of carbonyl (C=O) groups is 1. The summed E-state index contributed by atoms with van der Waals surface area (Å²) in [5.74, 6) is -0.341. The highest BCUT2D eigenvalue weighted by atomic mass is 79.9. The molecule has 4 N–H and O–H groups in total. The fourth-order valence-electron chi connectivity index (χ4n) is 1.87. The number of nitrogens with one attached hydrogen (secondary N) is 3. The van der Waals surface area contributed by atoms with E-state index in [1.807, 2.05) is 13.8 Å². The van der Waals surface area contributed by atoms with Gasteiger partial charge in [-0.15, -0.1) is 0 Å². The number of aromatic amines is 2. The number of amides is 1. The van der Waals surface area contributed by atoms with Gasteiger partial charge in [0.25, 0.3) is 5.91 Å². The minimum Gasteiger partial charge on any atom is -0.396 e. The average Bonchev–Trinajstić information content (AvgIpc) is 2.76. The number of imidazole rings is 1. The number of fused-ring (bicyclic) bond motifs is 1. The lowest BCUT2D eigenvalue weighted by atomic mass is 10.0. The Balaban J connectivity index is 2.37. The zero-order valence-corrected chi connectivity index (χ0v) is 12.7. The molecule has 1 aromatic carbocycles. The van der Waals surface area contributed by atoms with Gasteiger partial charge in [0.15, 0.2) is 0 Å². The van der Waals surface area contributed by atoms with Gasteiger partial charge in [-0.2, -0.15) is 0 Å². The number of rotatable bonds is 4. The van der Waals surface area contributed by atoms with Crippen molar-refractivity contribution in [1.29, 1.82) is 0 Å². The maximum absolute atomic E-state index is 12.3. The van der Waals surface area contributed by atoms with Crippen LogP contribution in [0, 0.1) is 5.92 Å². The van der Waals surface area contributed by atoms with Gasteiger partial charge in [-0.3, -0.25) is 4.79 Å². The van der Waals surface area contributed by atoms with Crippen LogP contribution in [0.2, 0.25) is 0 Å². The molecular formula is C13H16BrN3O3. The summed E-state index contributed by atoms with van der Waals surface area (Å²) < 4.78 is 0.702. The van der Waals surface area contributed by atoms with Crippen molar-refractivity contribution in [1.82, 2.24) is 15.3 Å². The number of hydrogen-bond acceptors (Lipinski definition) is 3. The molecule has 1 aromatic heterocycles. The lowest BCUT2D eigenvalue weighted by molar-refractivity contribution is 0.0918. The van der Waals surface area contributed by atoms with Crippen LogP contribution in [0.25, 0.3) is 11.0 Å². The Bertz CT molecular complexity index is 692. The van der Waals surface area contributed by atoms with Gasteiger partial charge in [-0.05, 0) is 25.0 Å². The Morgan fingerprint density at radius 2 is 2.10 bits per heavy atom. The van der Waals surface area contributed by atoms with Gasteiger partial charge in [0.1, 0.15) is 0 Å². The second-order valence-corrected chi connectivity index (χ2v) is 5.79. The zero-order valence-electron chi connectivity index (χ0n) is 11.2. The van der Waals surface area contributed by atoms with Crippen molar-refractivity contribution < 1.29 is 9.90 Å². The van der Waals surface area contributed by atoms with Crippen LogP contribution in [0.3, 0.4) is 0 Å². The van der Waals surface area contributed by atoms with Crippen molar-refractivity contribution in [2.75, 3.05) is 6.61 Å². The maximum atomic E-state index is 12.3. The molecule has 7 heteroatoms. The van der Waals surface area contributed by atoms with Gasteiger partial charge >= 0.3 is 5.69 Å². The lowest BCUT2D eigenvalue weighted by Crippen LogP contribution is -2.38.